The molecule has 4 N–H and O–H groups in total. The Balaban J connectivity index is 1.57. The smallest absolute Gasteiger partial charge is 0.332 e. The maximum Gasteiger partial charge on any atom is 0.332 e. The van der Waals surface area contributed by atoms with E-state index in [1.165, 1.54) is 13.8 Å². The molecule has 12 heteroatoms. The predicted molar refractivity (Wildman–Crippen MR) is 136 cm³/mol. The molecule has 0 unspecified atom stereocenters. The Kier molecular flexibility index (Phi) is 13.3. The normalized spacial score (nSPS) is 18.1. The Morgan fingerprint density at radius 3 is 1.32 bits per heavy atom. The van der Waals surface area contributed by atoms with Crippen molar-refractivity contribution in [2.24, 2.45) is 11.8 Å². The molecule has 0 aromatic heterocycles. The van der Waals surface area contributed by atoms with Gasteiger partial charge in [-0.3, -0.25) is 19.2 Å². The fourth-order valence-electron chi connectivity index (χ4n) is 4.42. The molecular weight excluding hydrogens is 496 g/mol. The molecule has 212 valence electrons. The molecule has 0 aromatic rings. The number of nitrogens with one attached hydrogen (secondary N) is 4. The third-order valence-electron chi connectivity index (χ3n) is 6.73. The lowest BCUT2D eigenvalue weighted by Gasteiger charge is -2.22. The minimum atomic E-state index is -0.899. The molecule has 2 saturated carbocycles. The van der Waals surface area contributed by atoms with Gasteiger partial charge in [0, 0.05) is 24.0 Å². The maximum atomic E-state index is 12.2. The lowest BCUT2D eigenvalue weighted by atomic mass is 9.88. The maximum absolute atomic E-state index is 12.2. The highest BCUT2D eigenvalue weighted by molar-refractivity contribution is 5.92. The zero-order chi connectivity index (χ0) is 27.9. The van der Waals surface area contributed by atoms with Crippen LogP contribution in [0.2, 0.25) is 0 Å². The van der Waals surface area contributed by atoms with E-state index < -0.39 is 49.3 Å². The van der Waals surface area contributed by atoms with Crippen molar-refractivity contribution in [2.45, 2.75) is 90.1 Å². The second-order valence-corrected chi connectivity index (χ2v) is 9.76. The van der Waals surface area contributed by atoms with Gasteiger partial charge >= 0.3 is 11.9 Å². The zero-order valence-electron chi connectivity index (χ0n) is 22.2. The third-order valence-corrected chi connectivity index (χ3v) is 6.73. The fraction of sp³-hybridized carbons (Fsp3) is 0.692. The molecule has 12 nitrogen and oxygen atoms in total. The first-order valence-corrected chi connectivity index (χ1v) is 13.3. The SMILES string of the molecule is C[C@H](NC(=O)C1CCCCC1)C(=O)NCOC(=O)/C=C/C(=O)OCNC(=O)[C@H](C)NC(=O)C1CCCCC1. The third kappa shape index (κ3) is 11.3. The van der Waals surface area contributed by atoms with E-state index in [0.717, 1.165) is 76.4 Å². The Labute approximate surface area is 223 Å². The Morgan fingerprint density at radius 2 is 0.974 bits per heavy atom. The van der Waals surface area contributed by atoms with Gasteiger partial charge in [0.25, 0.3) is 0 Å². The number of carbonyl (C=O) groups is 6. The van der Waals surface area contributed by atoms with Crippen LogP contribution < -0.4 is 21.3 Å². The van der Waals surface area contributed by atoms with Crippen LogP contribution in [-0.2, 0) is 38.2 Å². The van der Waals surface area contributed by atoms with E-state index in [4.69, 9.17) is 9.47 Å². The first-order chi connectivity index (χ1) is 18.2. The van der Waals surface area contributed by atoms with Crippen LogP contribution in [-0.4, -0.2) is 61.1 Å². The minimum absolute atomic E-state index is 0.0782. The number of esters is 2. The average molecular weight is 537 g/mol. The van der Waals surface area contributed by atoms with Crippen LogP contribution in [0.3, 0.4) is 0 Å². The van der Waals surface area contributed by atoms with E-state index in [0.29, 0.717) is 0 Å². The molecule has 2 aliphatic rings. The summed E-state index contributed by atoms with van der Waals surface area (Å²) in [7, 11) is 0. The minimum Gasteiger partial charge on any atom is -0.441 e. The van der Waals surface area contributed by atoms with E-state index in [-0.39, 0.29) is 23.7 Å². The van der Waals surface area contributed by atoms with Crippen LogP contribution in [0.25, 0.3) is 0 Å². The summed E-state index contributed by atoms with van der Waals surface area (Å²) in [6, 6.07) is -1.57. The van der Waals surface area contributed by atoms with Gasteiger partial charge in [0.2, 0.25) is 23.6 Å². The Bertz CT molecular complexity index is 808. The lowest BCUT2D eigenvalue weighted by Crippen LogP contribution is -2.47. The molecule has 2 atom stereocenters. The summed E-state index contributed by atoms with van der Waals surface area (Å²) in [5, 5.41) is 10.1. The first-order valence-electron chi connectivity index (χ1n) is 13.3. The quantitative estimate of drug-likeness (QED) is 0.162. The van der Waals surface area contributed by atoms with Gasteiger partial charge in [0.05, 0.1) is 0 Å². The number of carbonyl (C=O) groups excluding carboxylic acids is 6. The van der Waals surface area contributed by atoms with Gasteiger partial charge in [0.1, 0.15) is 12.1 Å². The van der Waals surface area contributed by atoms with Gasteiger partial charge in [-0.2, -0.15) is 0 Å². The molecule has 2 fully saturated rings. The van der Waals surface area contributed by atoms with Crippen molar-refractivity contribution in [1.29, 1.82) is 0 Å². The van der Waals surface area contributed by atoms with Crippen LogP contribution in [0, 0.1) is 11.8 Å². The molecule has 2 aliphatic carbocycles. The predicted octanol–water partition coefficient (Wildman–Crippen LogP) is 0.946. The van der Waals surface area contributed by atoms with Crippen LogP contribution in [0.1, 0.15) is 78.1 Å². The molecule has 0 spiro atoms. The molecule has 0 radical (unpaired) electrons. The monoisotopic (exact) mass is 536 g/mol. The van der Waals surface area contributed by atoms with Crippen molar-refractivity contribution in [1.82, 2.24) is 21.3 Å². The van der Waals surface area contributed by atoms with Crippen molar-refractivity contribution in [3.05, 3.63) is 12.2 Å². The summed E-state index contributed by atoms with van der Waals surface area (Å²) < 4.78 is 9.62. The number of amides is 4. The standard InChI is InChI=1S/C26H40N4O8/c1-17(29-25(35)19-9-5-3-6-10-19)23(33)27-15-37-21(31)13-14-22(32)38-16-28-24(34)18(2)30-26(36)20-11-7-4-8-12-20/h13-14,17-20H,3-12,15-16H2,1-2H3,(H,27,33)(H,28,34)(H,29,35)(H,30,36)/b14-13+/t17-,18-/m0/s1. The summed E-state index contributed by atoms with van der Waals surface area (Å²) in [6.07, 6.45) is 11.2. The van der Waals surface area contributed by atoms with Crippen molar-refractivity contribution in [3.8, 4) is 0 Å². The topological polar surface area (TPSA) is 169 Å². The van der Waals surface area contributed by atoms with Crippen molar-refractivity contribution >= 4 is 35.6 Å². The Hall–Kier alpha value is -3.44. The number of hydrogen-bond acceptors (Lipinski definition) is 8. The van der Waals surface area contributed by atoms with E-state index in [2.05, 4.69) is 21.3 Å². The van der Waals surface area contributed by atoms with Gasteiger partial charge in [-0.15, -0.1) is 0 Å². The first kappa shape index (κ1) is 30.8. The average Bonchev–Trinajstić information content (AvgIpc) is 2.92. The van der Waals surface area contributed by atoms with E-state index in [1.807, 2.05) is 0 Å². The number of rotatable bonds is 12. The molecule has 0 aromatic carbocycles. The molecule has 0 saturated heterocycles. The summed E-state index contributed by atoms with van der Waals surface area (Å²) in [5.41, 5.74) is 0. The Morgan fingerprint density at radius 1 is 0.632 bits per heavy atom. The highest BCUT2D eigenvalue weighted by atomic mass is 16.5. The van der Waals surface area contributed by atoms with Crippen molar-refractivity contribution in [2.75, 3.05) is 13.5 Å². The largest absolute Gasteiger partial charge is 0.441 e. The van der Waals surface area contributed by atoms with Crippen LogP contribution >= 0.6 is 0 Å². The summed E-state index contributed by atoms with van der Waals surface area (Å²) in [6.45, 7) is 2.19. The van der Waals surface area contributed by atoms with Gasteiger partial charge in [-0.25, -0.2) is 9.59 Å². The van der Waals surface area contributed by atoms with Crippen LogP contribution in [0.5, 0.6) is 0 Å². The molecule has 0 heterocycles. The van der Waals surface area contributed by atoms with E-state index in [9.17, 15) is 28.8 Å². The van der Waals surface area contributed by atoms with Crippen LogP contribution in [0.4, 0.5) is 0 Å². The zero-order valence-corrected chi connectivity index (χ0v) is 22.2. The van der Waals surface area contributed by atoms with Crippen LogP contribution in [0.15, 0.2) is 12.2 Å². The van der Waals surface area contributed by atoms with Gasteiger partial charge in [0.15, 0.2) is 13.5 Å². The number of ether oxygens (including phenoxy) is 2. The lowest BCUT2D eigenvalue weighted by molar-refractivity contribution is -0.143. The second-order valence-electron chi connectivity index (χ2n) is 9.76. The highest BCUT2D eigenvalue weighted by Gasteiger charge is 2.25. The summed E-state index contributed by atoms with van der Waals surface area (Å²) in [5.74, 6) is -3.28. The van der Waals surface area contributed by atoms with E-state index >= 15 is 0 Å². The van der Waals surface area contributed by atoms with E-state index in [1.54, 1.807) is 0 Å². The molecule has 38 heavy (non-hydrogen) atoms. The molecule has 2 rings (SSSR count). The van der Waals surface area contributed by atoms with Crippen molar-refractivity contribution < 1.29 is 38.2 Å². The number of hydrogen-bond donors (Lipinski definition) is 4. The highest BCUT2D eigenvalue weighted by Crippen LogP contribution is 2.24. The summed E-state index contributed by atoms with van der Waals surface area (Å²) >= 11 is 0. The molecule has 0 aliphatic heterocycles. The van der Waals surface area contributed by atoms with Gasteiger partial charge in [-0.1, -0.05) is 38.5 Å². The van der Waals surface area contributed by atoms with Crippen molar-refractivity contribution in [3.63, 3.8) is 0 Å². The summed E-state index contributed by atoms with van der Waals surface area (Å²) in [4.78, 5) is 72.1. The molecular formula is C26H40N4O8. The van der Waals surface area contributed by atoms with Gasteiger partial charge in [-0.05, 0) is 39.5 Å². The molecule has 0 bridgehead atoms. The second kappa shape index (κ2) is 16.4. The molecule has 4 amide bonds. The fourth-order valence-corrected chi connectivity index (χ4v) is 4.42. The van der Waals surface area contributed by atoms with Gasteiger partial charge < -0.3 is 30.7 Å².